The standard InChI is InChI=1S/C22H17FN2O5S2/c1-30-19-7-3-2-6-16(19)25-32(28,29)13-9-10-18(26)17(11-13)24-22(27)21-12-14-15(23)5-4-8-20(14)31-21/h2-12,25-26H,1H3,(H,24,27). The second-order valence-corrected chi connectivity index (χ2v) is 9.47. The van der Waals surface area contributed by atoms with Crippen LogP contribution in [0, 0.1) is 5.82 Å². The minimum Gasteiger partial charge on any atom is -0.506 e. The fourth-order valence-electron chi connectivity index (χ4n) is 3.04. The molecule has 4 rings (SSSR count). The van der Waals surface area contributed by atoms with Gasteiger partial charge in [-0.05, 0) is 48.5 Å². The molecule has 10 heteroatoms. The van der Waals surface area contributed by atoms with E-state index < -0.39 is 21.7 Å². The predicted octanol–water partition coefficient (Wildman–Crippen LogP) is 4.81. The van der Waals surface area contributed by atoms with Gasteiger partial charge in [-0.2, -0.15) is 0 Å². The van der Waals surface area contributed by atoms with Crippen LogP contribution >= 0.6 is 11.3 Å². The number of rotatable bonds is 6. The second kappa shape index (κ2) is 8.48. The lowest BCUT2D eigenvalue weighted by Crippen LogP contribution is -2.15. The summed E-state index contributed by atoms with van der Waals surface area (Å²) in [6.45, 7) is 0. The summed E-state index contributed by atoms with van der Waals surface area (Å²) in [6, 6.07) is 15.9. The quantitative estimate of drug-likeness (QED) is 0.350. The summed E-state index contributed by atoms with van der Waals surface area (Å²) >= 11 is 1.08. The molecule has 0 aliphatic carbocycles. The van der Waals surface area contributed by atoms with Crippen molar-refractivity contribution >= 4 is 48.7 Å². The largest absolute Gasteiger partial charge is 0.506 e. The molecule has 0 unspecified atom stereocenters. The smallest absolute Gasteiger partial charge is 0.265 e. The van der Waals surface area contributed by atoms with E-state index in [0.29, 0.717) is 15.8 Å². The van der Waals surface area contributed by atoms with Crippen molar-refractivity contribution in [2.45, 2.75) is 4.90 Å². The Bertz CT molecular complexity index is 1430. The number of ether oxygens (including phenoxy) is 1. The number of carbonyl (C=O) groups excluding carboxylic acids is 1. The highest BCUT2D eigenvalue weighted by atomic mass is 32.2. The first-order chi connectivity index (χ1) is 15.3. The van der Waals surface area contributed by atoms with E-state index in [4.69, 9.17) is 4.74 Å². The number of halogens is 1. The number of para-hydroxylation sites is 2. The Morgan fingerprint density at radius 3 is 2.56 bits per heavy atom. The molecule has 0 atom stereocenters. The molecule has 1 amide bonds. The van der Waals surface area contributed by atoms with Gasteiger partial charge in [0, 0.05) is 10.1 Å². The Balaban J connectivity index is 1.62. The van der Waals surface area contributed by atoms with Gasteiger partial charge >= 0.3 is 0 Å². The molecule has 0 bridgehead atoms. The Hall–Kier alpha value is -3.63. The van der Waals surface area contributed by atoms with Crippen molar-refractivity contribution < 1.29 is 27.4 Å². The SMILES string of the molecule is COc1ccccc1NS(=O)(=O)c1ccc(O)c(NC(=O)c2cc3c(F)cccc3s2)c1. The molecule has 0 radical (unpaired) electrons. The van der Waals surface area contributed by atoms with Crippen LogP contribution in [0.5, 0.6) is 11.5 Å². The Labute approximate surface area is 187 Å². The van der Waals surface area contributed by atoms with Crippen molar-refractivity contribution in [2.24, 2.45) is 0 Å². The van der Waals surface area contributed by atoms with E-state index in [9.17, 15) is 22.7 Å². The first-order valence-corrected chi connectivity index (χ1v) is 11.6. The maximum Gasteiger partial charge on any atom is 0.265 e. The van der Waals surface area contributed by atoms with Gasteiger partial charge in [0.15, 0.2) is 0 Å². The average Bonchev–Trinajstić information content (AvgIpc) is 3.21. The maximum atomic E-state index is 13.9. The molecule has 0 saturated carbocycles. The average molecular weight is 473 g/mol. The van der Waals surface area contributed by atoms with Gasteiger partial charge in [-0.1, -0.05) is 18.2 Å². The summed E-state index contributed by atoms with van der Waals surface area (Å²) in [4.78, 5) is 12.7. The molecule has 3 N–H and O–H groups in total. The molecule has 4 aromatic rings. The number of hydrogen-bond acceptors (Lipinski definition) is 6. The van der Waals surface area contributed by atoms with Gasteiger partial charge in [0.05, 0.1) is 28.3 Å². The van der Waals surface area contributed by atoms with Gasteiger partial charge in [0.25, 0.3) is 15.9 Å². The molecule has 0 fully saturated rings. The number of amides is 1. The van der Waals surface area contributed by atoms with Crippen LogP contribution in [0.25, 0.3) is 10.1 Å². The van der Waals surface area contributed by atoms with Gasteiger partial charge in [-0.25, -0.2) is 12.8 Å². The number of aromatic hydroxyl groups is 1. The summed E-state index contributed by atoms with van der Waals surface area (Å²) in [7, 11) is -2.63. The number of carbonyl (C=O) groups is 1. The molecular formula is C22H17FN2O5S2. The van der Waals surface area contributed by atoms with E-state index in [0.717, 1.165) is 23.5 Å². The van der Waals surface area contributed by atoms with Crippen LogP contribution in [0.15, 0.2) is 71.6 Å². The van der Waals surface area contributed by atoms with E-state index in [-0.39, 0.29) is 26.9 Å². The monoisotopic (exact) mass is 472 g/mol. The lowest BCUT2D eigenvalue weighted by molar-refractivity contribution is 0.103. The molecule has 0 saturated heterocycles. The molecule has 0 spiro atoms. The number of sulfonamides is 1. The van der Waals surface area contributed by atoms with Crippen LogP contribution in [-0.4, -0.2) is 26.5 Å². The van der Waals surface area contributed by atoms with E-state index in [1.54, 1.807) is 36.4 Å². The molecular weight excluding hydrogens is 455 g/mol. The summed E-state index contributed by atoms with van der Waals surface area (Å²) in [6.07, 6.45) is 0. The van der Waals surface area contributed by atoms with Crippen molar-refractivity contribution in [1.29, 1.82) is 0 Å². The molecule has 3 aromatic carbocycles. The van der Waals surface area contributed by atoms with Crippen molar-refractivity contribution in [3.63, 3.8) is 0 Å². The number of fused-ring (bicyclic) bond motifs is 1. The lowest BCUT2D eigenvalue weighted by Gasteiger charge is -2.13. The van der Waals surface area contributed by atoms with Gasteiger partial charge in [0.2, 0.25) is 0 Å². The van der Waals surface area contributed by atoms with Gasteiger partial charge in [0.1, 0.15) is 17.3 Å². The highest BCUT2D eigenvalue weighted by molar-refractivity contribution is 7.92. The number of methoxy groups -OCH3 is 1. The maximum absolute atomic E-state index is 13.9. The number of thiophene rings is 1. The summed E-state index contributed by atoms with van der Waals surface area (Å²) in [5.74, 6) is -1.04. The number of benzene rings is 3. The normalized spacial score (nSPS) is 11.3. The molecule has 0 aliphatic rings. The molecule has 0 aliphatic heterocycles. The Kier molecular flexibility index (Phi) is 5.72. The van der Waals surface area contributed by atoms with E-state index in [1.807, 2.05) is 0 Å². The third kappa shape index (κ3) is 4.23. The number of nitrogens with one attached hydrogen (secondary N) is 2. The minimum atomic E-state index is -4.05. The molecule has 7 nitrogen and oxygen atoms in total. The second-order valence-electron chi connectivity index (χ2n) is 6.70. The predicted molar refractivity (Wildman–Crippen MR) is 122 cm³/mol. The van der Waals surface area contributed by atoms with Crippen molar-refractivity contribution in [3.05, 3.63) is 77.4 Å². The van der Waals surface area contributed by atoms with Crippen LogP contribution in [0.1, 0.15) is 9.67 Å². The Morgan fingerprint density at radius 1 is 1.03 bits per heavy atom. The fraction of sp³-hybridized carbons (Fsp3) is 0.0455. The van der Waals surface area contributed by atoms with Gasteiger partial charge in [-0.15, -0.1) is 11.3 Å². The van der Waals surface area contributed by atoms with Gasteiger partial charge in [-0.3, -0.25) is 9.52 Å². The molecule has 164 valence electrons. The third-order valence-electron chi connectivity index (χ3n) is 4.61. The van der Waals surface area contributed by atoms with Crippen LogP contribution in [0.3, 0.4) is 0 Å². The zero-order valence-electron chi connectivity index (χ0n) is 16.6. The summed E-state index contributed by atoms with van der Waals surface area (Å²) in [5.41, 5.74) is 0.136. The van der Waals surface area contributed by atoms with Crippen molar-refractivity contribution in [3.8, 4) is 11.5 Å². The van der Waals surface area contributed by atoms with Gasteiger partial charge < -0.3 is 15.2 Å². The first-order valence-electron chi connectivity index (χ1n) is 9.27. The van der Waals surface area contributed by atoms with E-state index in [1.165, 1.54) is 25.3 Å². The fourth-order valence-corrected chi connectivity index (χ4v) is 5.10. The zero-order chi connectivity index (χ0) is 22.9. The van der Waals surface area contributed by atoms with Crippen LogP contribution in [0.2, 0.25) is 0 Å². The Morgan fingerprint density at radius 2 is 1.81 bits per heavy atom. The highest BCUT2D eigenvalue weighted by Crippen LogP contribution is 2.32. The lowest BCUT2D eigenvalue weighted by atomic mass is 10.2. The number of phenols is 1. The number of phenolic OH excluding ortho intramolecular Hbond substituents is 1. The van der Waals surface area contributed by atoms with Crippen LogP contribution in [0.4, 0.5) is 15.8 Å². The van der Waals surface area contributed by atoms with Crippen LogP contribution < -0.4 is 14.8 Å². The third-order valence-corrected chi connectivity index (χ3v) is 7.07. The number of anilines is 2. The van der Waals surface area contributed by atoms with Crippen LogP contribution in [-0.2, 0) is 10.0 Å². The number of hydrogen-bond donors (Lipinski definition) is 3. The molecule has 1 heterocycles. The zero-order valence-corrected chi connectivity index (χ0v) is 18.3. The molecule has 32 heavy (non-hydrogen) atoms. The molecule has 1 aromatic heterocycles. The highest BCUT2D eigenvalue weighted by Gasteiger charge is 2.20. The van der Waals surface area contributed by atoms with Crippen molar-refractivity contribution in [1.82, 2.24) is 0 Å². The summed E-state index contributed by atoms with van der Waals surface area (Å²) in [5, 5.41) is 12.9. The van der Waals surface area contributed by atoms with E-state index in [2.05, 4.69) is 10.0 Å². The minimum absolute atomic E-state index is 0.101. The first kappa shape index (κ1) is 21.6. The van der Waals surface area contributed by atoms with Crippen molar-refractivity contribution in [2.75, 3.05) is 17.1 Å². The summed E-state index contributed by atoms with van der Waals surface area (Å²) < 4.78 is 47.8. The van der Waals surface area contributed by atoms with E-state index >= 15 is 0 Å². The topological polar surface area (TPSA) is 105 Å².